The largest absolute Gasteiger partial charge is 0.376 e. The molecule has 1 amide bonds. The third-order valence-corrected chi connectivity index (χ3v) is 3.85. The zero-order chi connectivity index (χ0) is 17.6. The Morgan fingerprint density at radius 3 is 2.72 bits per heavy atom. The van der Waals surface area contributed by atoms with Crippen LogP contribution in [0.2, 0.25) is 0 Å². The quantitative estimate of drug-likeness (QED) is 0.535. The average molecular weight is 338 g/mol. The summed E-state index contributed by atoms with van der Waals surface area (Å²) in [6.07, 6.45) is 3.65. The van der Waals surface area contributed by atoms with Crippen LogP contribution in [0, 0.1) is 5.82 Å². The molecular weight excluding hydrogens is 319 g/mol. The number of amides is 1. The summed E-state index contributed by atoms with van der Waals surface area (Å²) >= 11 is 0. The second-order valence-corrected chi connectivity index (χ2v) is 5.54. The van der Waals surface area contributed by atoms with Gasteiger partial charge in [0.15, 0.2) is 0 Å². The van der Waals surface area contributed by atoms with Gasteiger partial charge in [0.25, 0.3) is 5.91 Å². The van der Waals surface area contributed by atoms with E-state index in [-0.39, 0.29) is 18.3 Å². The summed E-state index contributed by atoms with van der Waals surface area (Å²) in [6.45, 7) is 3.00. The van der Waals surface area contributed by atoms with E-state index in [0.29, 0.717) is 5.69 Å². The van der Waals surface area contributed by atoms with E-state index in [1.54, 1.807) is 18.3 Å². The van der Waals surface area contributed by atoms with Gasteiger partial charge in [0.05, 0.1) is 12.8 Å². The van der Waals surface area contributed by atoms with Gasteiger partial charge in [0.2, 0.25) is 0 Å². The van der Waals surface area contributed by atoms with Crippen molar-refractivity contribution in [3.05, 3.63) is 66.1 Å². The van der Waals surface area contributed by atoms with Crippen LogP contribution < -0.4 is 10.7 Å². The van der Waals surface area contributed by atoms with Gasteiger partial charge >= 0.3 is 0 Å². The summed E-state index contributed by atoms with van der Waals surface area (Å²) in [4.78, 5) is 11.8. The molecule has 0 radical (unpaired) electrons. The van der Waals surface area contributed by atoms with Gasteiger partial charge in [-0.05, 0) is 37.3 Å². The number of carbonyl (C=O) groups is 1. The number of benzene rings is 2. The molecule has 0 saturated carbocycles. The Hall–Kier alpha value is -3.15. The highest BCUT2D eigenvalue weighted by Gasteiger charge is 2.05. The third kappa shape index (κ3) is 4.03. The van der Waals surface area contributed by atoms with Crippen LogP contribution in [-0.2, 0) is 11.3 Å². The van der Waals surface area contributed by atoms with Gasteiger partial charge in [0.1, 0.15) is 5.82 Å². The molecule has 1 aromatic heterocycles. The predicted molar refractivity (Wildman–Crippen MR) is 98.2 cm³/mol. The molecule has 0 spiro atoms. The van der Waals surface area contributed by atoms with Crippen LogP contribution in [0.15, 0.2) is 59.8 Å². The van der Waals surface area contributed by atoms with Crippen molar-refractivity contribution in [2.24, 2.45) is 5.10 Å². The fourth-order valence-electron chi connectivity index (χ4n) is 2.60. The van der Waals surface area contributed by atoms with Gasteiger partial charge in [-0.2, -0.15) is 5.10 Å². The number of fused-ring (bicyclic) bond motifs is 1. The van der Waals surface area contributed by atoms with Crippen molar-refractivity contribution < 1.29 is 9.18 Å². The molecule has 0 bridgehead atoms. The number of carbonyl (C=O) groups excluding carboxylic acids is 1. The fraction of sp³-hybridized carbons (Fsp3) is 0.158. The van der Waals surface area contributed by atoms with Crippen molar-refractivity contribution in [1.82, 2.24) is 9.99 Å². The van der Waals surface area contributed by atoms with E-state index >= 15 is 0 Å². The van der Waals surface area contributed by atoms with Gasteiger partial charge in [0, 0.05) is 34.9 Å². The monoisotopic (exact) mass is 338 g/mol. The molecule has 3 aromatic rings. The van der Waals surface area contributed by atoms with Gasteiger partial charge in [-0.25, -0.2) is 9.82 Å². The first-order valence-electron chi connectivity index (χ1n) is 8.06. The van der Waals surface area contributed by atoms with Crippen molar-refractivity contribution in [2.75, 3.05) is 11.9 Å². The number of aryl methyl sites for hydroxylation is 1. The lowest BCUT2D eigenvalue weighted by Gasteiger charge is -2.04. The Morgan fingerprint density at radius 1 is 1.20 bits per heavy atom. The van der Waals surface area contributed by atoms with E-state index in [0.717, 1.165) is 23.0 Å². The standard InChI is InChI=1S/C19H19FN4O/c1-2-24-13-14(17-5-3-4-6-18(17)24)11-22-23-19(25)12-21-16-9-7-15(20)8-10-16/h3-11,13,21H,2,12H2,1H3,(H,23,25)/b22-11-. The maximum atomic E-state index is 12.8. The predicted octanol–water partition coefficient (Wildman–Crippen LogP) is 3.36. The Balaban J connectivity index is 1.59. The number of hydrogen-bond donors (Lipinski definition) is 2. The number of anilines is 1. The zero-order valence-corrected chi connectivity index (χ0v) is 13.9. The number of nitrogens with one attached hydrogen (secondary N) is 2. The second-order valence-electron chi connectivity index (χ2n) is 5.54. The Kier molecular flexibility index (Phi) is 5.09. The molecule has 25 heavy (non-hydrogen) atoms. The average Bonchev–Trinajstić information content (AvgIpc) is 2.99. The van der Waals surface area contributed by atoms with E-state index in [1.165, 1.54) is 12.1 Å². The lowest BCUT2D eigenvalue weighted by Crippen LogP contribution is -2.25. The number of aromatic nitrogens is 1. The van der Waals surface area contributed by atoms with E-state index in [9.17, 15) is 9.18 Å². The minimum atomic E-state index is -0.314. The highest BCUT2D eigenvalue weighted by molar-refractivity contribution is 5.99. The summed E-state index contributed by atoms with van der Waals surface area (Å²) in [5.74, 6) is -0.592. The SMILES string of the molecule is CCn1cc(/C=N\NC(=O)CNc2ccc(F)cc2)c2ccccc21. The van der Waals surface area contributed by atoms with Crippen molar-refractivity contribution in [3.63, 3.8) is 0 Å². The number of hydrogen-bond acceptors (Lipinski definition) is 3. The van der Waals surface area contributed by atoms with E-state index in [4.69, 9.17) is 0 Å². The zero-order valence-electron chi connectivity index (χ0n) is 13.9. The first-order valence-corrected chi connectivity index (χ1v) is 8.06. The molecule has 6 heteroatoms. The maximum Gasteiger partial charge on any atom is 0.259 e. The first-order chi connectivity index (χ1) is 12.2. The van der Waals surface area contributed by atoms with Crippen molar-refractivity contribution in [1.29, 1.82) is 0 Å². The molecule has 2 aromatic carbocycles. The number of para-hydroxylation sites is 1. The van der Waals surface area contributed by atoms with Crippen LogP contribution >= 0.6 is 0 Å². The highest BCUT2D eigenvalue weighted by Crippen LogP contribution is 2.19. The van der Waals surface area contributed by atoms with E-state index in [1.807, 2.05) is 24.4 Å². The third-order valence-electron chi connectivity index (χ3n) is 3.85. The summed E-state index contributed by atoms with van der Waals surface area (Å²) in [5.41, 5.74) is 5.25. The molecule has 1 heterocycles. The highest BCUT2D eigenvalue weighted by atomic mass is 19.1. The Bertz CT molecular complexity index is 899. The molecule has 0 aliphatic carbocycles. The van der Waals surface area contributed by atoms with Gasteiger partial charge in [-0.1, -0.05) is 18.2 Å². The van der Waals surface area contributed by atoms with E-state index < -0.39 is 0 Å². The van der Waals surface area contributed by atoms with Crippen molar-refractivity contribution in [3.8, 4) is 0 Å². The van der Waals surface area contributed by atoms with Crippen molar-refractivity contribution in [2.45, 2.75) is 13.5 Å². The Labute approximate surface area is 145 Å². The molecule has 0 unspecified atom stereocenters. The van der Waals surface area contributed by atoms with Gasteiger partial charge in [-0.15, -0.1) is 0 Å². The normalized spacial score (nSPS) is 11.1. The lowest BCUT2D eigenvalue weighted by molar-refractivity contribution is -0.119. The summed E-state index contributed by atoms with van der Waals surface area (Å²) in [7, 11) is 0. The molecule has 0 saturated heterocycles. The number of hydrazone groups is 1. The number of rotatable bonds is 6. The minimum Gasteiger partial charge on any atom is -0.376 e. The van der Waals surface area contributed by atoms with Crippen molar-refractivity contribution >= 4 is 28.7 Å². The first kappa shape index (κ1) is 16.7. The summed E-state index contributed by atoms with van der Waals surface area (Å²) in [5, 5.41) is 8.02. The van der Waals surface area contributed by atoms with Crippen LogP contribution in [0.25, 0.3) is 10.9 Å². The molecule has 5 nitrogen and oxygen atoms in total. The van der Waals surface area contributed by atoms with E-state index in [2.05, 4.69) is 33.4 Å². The molecule has 2 N–H and O–H groups in total. The number of nitrogens with zero attached hydrogens (tertiary/aromatic N) is 2. The molecular formula is C19H19FN4O. The maximum absolute atomic E-state index is 12.8. The van der Waals surface area contributed by atoms with Gasteiger partial charge in [-0.3, -0.25) is 4.79 Å². The molecule has 0 aliphatic rings. The molecule has 128 valence electrons. The fourth-order valence-corrected chi connectivity index (χ4v) is 2.60. The smallest absolute Gasteiger partial charge is 0.259 e. The Morgan fingerprint density at radius 2 is 1.96 bits per heavy atom. The van der Waals surface area contributed by atoms with Crippen LogP contribution in [-0.4, -0.2) is 23.2 Å². The molecule has 0 atom stereocenters. The number of halogens is 1. The molecule has 0 fully saturated rings. The molecule has 3 rings (SSSR count). The van der Waals surface area contributed by atoms with Crippen LogP contribution in [0.5, 0.6) is 0 Å². The van der Waals surface area contributed by atoms with Crippen LogP contribution in [0.3, 0.4) is 0 Å². The minimum absolute atomic E-state index is 0.0552. The van der Waals surface area contributed by atoms with Gasteiger partial charge < -0.3 is 9.88 Å². The molecule has 0 aliphatic heterocycles. The van der Waals surface area contributed by atoms with Crippen LogP contribution in [0.1, 0.15) is 12.5 Å². The topological polar surface area (TPSA) is 58.4 Å². The summed E-state index contributed by atoms with van der Waals surface area (Å²) < 4.78 is 15.0. The summed E-state index contributed by atoms with van der Waals surface area (Å²) in [6, 6.07) is 13.9. The second kappa shape index (κ2) is 7.61. The lowest BCUT2D eigenvalue weighted by atomic mass is 10.2. The van der Waals surface area contributed by atoms with Crippen LogP contribution in [0.4, 0.5) is 10.1 Å².